The molecule has 0 aromatic heterocycles. The van der Waals surface area contributed by atoms with Gasteiger partial charge in [0.25, 0.3) is 0 Å². The molecule has 34 heavy (non-hydrogen) atoms. The van der Waals surface area contributed by atoms with Crippen molar-refractivity contribution in [1.82, 2.24) is 10.2 Å². The maximum Gasteiger partial charge on any atom is 0.246 e. The molecule has 1 unspecified atom stereocenters. The van der Waals surface area contributed by atoms with E-state index < -0.39 is 6.04 Å². The topological polar surface area (TPSA) is 71.4 Å². The molecule has 0 bridgehead atoms. The van der Waals surface area contributed by atoms with Crippen LogP contribution in [0.5, 0.6) is 0 Å². The first kappa shape index (κ1) is 23.5. The minimum absolute atomic E-state index is 0.0848. The molecule has 1 aliphatic heterocycles. The Balaban J connectivity index is 1.38. The summed E-state index contributed by atoms with van der Waals surface area (Å²) in [5, 5.41) is 15.5. The van der Waals surface area contributed by atoms with Gasteiger partial charge in [-0.05, 0) is 61.0 Å². The van der Waals surface area contributed by atoms with Crippen molar-refractivity contribution in [2.75, 3.05) is 50.0 Å². The summed E-state index contributed by atoms with van der Waals surface area (Å²) in [5.41, 5.74) is 4.67. The summed E-state index contributed by atoms with van der Waals surface area (Å²) in [6.07, 6.45) is 0.766. The van der Waals surface area contributed by atoms with E-state index in [4.69, 9.17) is 5.26 Å². The number of hydrogen-bond acceptors (Lipinski definition) is 5. The van der Waals surface area contributed by atoms with Gasteiger partial charge in [-0.1, -0.05) is 42.5 Å². The Hall–Kier alpha value is -3.66. The SMILES string of the molecule is CN1CCN(c2ccc(NC(=O)C(NCCc3ccc(C#N)cc3)c3ccccc3)cc2)CC1. The summed E-state index contributed by atoms with van der Waals surface area (Å²) < 4.78 is 0. The smallest absolute Gasteiger partial charge is 0.246 e. The van der Waals surface area contributed by atoms with E-state index in [0.29, 0.717) is 12.1 Å². The van der Waals surface area contributed by atoms with E-state index in [2.05, 4.69) is 45.7 Å². The second-order valence-corrected chi connectivity index (χ2v) is 8.68. The van der Waals surface area contributed by atoms with Crippen molar-refractivity contribution in [2.24, 2.45) is 0 Å². The number of nitrogens with one attached hydrogen (secondary N) is 2. The van der Waals surface area contributed by atoms with Gasteiger partial charge in [0.15, 0.2) is 0 Å². The molecule has 4 rings (SSSR count). The fourth-order valence-corrected chi connectivity index (χ4v) is 4.15. The summed E-state index contributed by atoms with van der Waals surface area (Å²) in [7, 11) is 2.15. The van der Waals surface area contributed by atoms with Crippen LogP contribution in [0.15, 0.2) is 78.9 Å². The van der Waals surface area contributed by atoms with Crippen molar-refractivity contribution in [1.29, 1.82) is 5.26 Å². The van der Waals surface area contributed by atoms with Crippen molar-refractivity contribution in [3.63, 3.8) is 0 Å². The molecule has 6 heteroatoms. The normalized spacial score (nSPS) is 14.9. The number of benzene rings is 3. The van der Waals surface area contributed by atoms with Crippen LogP contribution in [0.4, 0.5) is 11.4 Å². The van der Waals surface area contributed by atoms with Gasteiger partial charge in [-0.3, -0.25) is 4.79 Å². The third-order valence-corrected chi connectivity index (χ3v) is 6.24. The Labute approximate surface area is 201 Å². The number of rotatable bonds is 8. The number of hydrogen-bond donors (Lipinski definition) is 2. The predicted molar refractivity (Wildman–Crippen MR) is 137 cm³/mol. The van der Waals surface area contributed by atoms with Crippen LogP contribution in [0, 0.1) is 11.3 Å². The molecule has 1 fully saturated rings. The minimum Gasteiger partial charge on any atom is -0.369 e. The maximum atomic E-state index is 13.2. The van der Waals surface area contributed by atoms with Crippen LogP contribution < -0.4 is 15.5 Å². The molecule has 0 saturated carbocycles. The van der Waals surface area contributed by atoms with Crippen molar-refractivity contribution >= 4 is 17.3 Å². The summed E-state index contributed by atoms with van der Waals surface area (Å²) in [5.74, 6) is -0.0848. The largest absolute Gasteiger partial charge is 0.369 e. The third kappa shape index (κ3) is 6.22. The van der Waals surface area contributed by atoms with E-state index in [9.17, 15) is 4.79 Å². The Kier molecular flexibility index (Phi) is 7.92. The highest BCUT2D eigenvalue weighted by Crippen LogP contribution is 2.21. The number of carbonyl (C=O) groups is 1. The quantitative estimate of drug-likeness (QED) is 0.543. The molecular formula is C28H31N5O. The molecule has 0 aliphatic carbocycles. The van der Waals surface area contributed by atoms with E-state index >= 15 is 0 Å². The van der Waals surface area contributed by atoms with Gasteiger partial charge >= 0.3 is 0 Å². The van der Waals surface area contributed by atoms with E-state index in [1.165, 1.54) is 5.69 Å². The Morgan fingerprint density at radius 1 is 0.941 bits per heavy atom. The molecule has 1 amide bonds. The molecule has 3 aromatic rings. The van der Waals surface area contributed by atoms with Gasteiger partial charge in [0.2, 0.25) is 5.91 Å². The Bertz CT molecular complexity index is 1100. The zero-order valence-electron chi connectivity index (χ0n) is 19.6. The zero-order valence-corrected chi connectivity index (χ0v) is 19.6. The molecule has 0 radical (unpaired) electrons. The lowest BCUT2D eigenvalue weighted by Gasteiger charge is -2.34. The monoisotopic (exact) mass is 453 g/mol. The molecule has 1 atom stereocenters. The highest BCUT2D eigenvalue weighted by atomic mass is 16.2. The van der Waals surface area contributed by atoms with Crippen molar-refractivity contribution in [3.8, 4) is 6.07 Å². The van der Waals surface area contributed by atoms with Gasteiger partial charge in [0.05, 0.1) is 11.6 Å². The van der Waals surface area contributed by atoms with Gasteiger partial charge in [-0.2, -0.15) is 5.26 Å². The van der Waals surface area contributed by atoms with E-state index in [1.54, 1.807) is 0 Å². The second-order valence-electron chi connectivity index (χ2n) is 8.68. The zero-order chi connectivity index (χ0) is 23.8. The Morgan fingerprint density at radius 2 is 1.62 bits per heavy atom. The number of nitriles is 1. The second kappa shape index (κ2) is 11.5. The van der Waals surface area contributed by atoms with Crippen LogP contribution >= 0.6 is 0 Å². The number of amides is 1. The van der Waals surface area contributed by atoms with Crippen molar-refractivity contribution in [3.05, 3.63) is 95.6 Å². The standard InChI is InChI=1S/C28H31N5O/c1-32-17-19-33(20-18-32)26-13-11-25(12-14-26)31-28(34)27(24-5-3-2-4-6-24)30-16-15-22-7-9-23(21-29)10-8-22/h2-14,27,30H,15-20H2,1H3,(H,31,34). The lowest BCUT2D eigenvalue weighted by molar-refractivity contribution is -0.118. The van der Waals surface area contributed by atoms with Crippen LogP contribution in [0.1, 0.15) is 22.7 Å². The summed E-state index contributed by atoms with van der Waals surface area (Å²) >= 11 is 0. The molecule has 1 aliphatic rings. The van der Waals surface area contributed by atoms with Crippen LogP contribution in [-0.2, 0) is 11.2 Å². The molecule has 6 nitrogen and oxygen atoms in total. The lowest BCUT2D eigenvalue weighted by Crippen LogP contribution is -2.44. The fourth-order valence-electron chi connectivity index (χ4n) is 4.15. The average molecular weight is 454 g/mol. The van der Waals surface area contributed by atoms with Crippen LogP contribution in [0.2, 0.25) is 0 Å². The highest BCUT2D eigenvalue weighted by Gasteiger charge is 2.20. The van der Waals surface area contributed by atoms with Gasteiger partial charge < -0.3 is 20.4 Å². The molecule has 2 N–H and O–H groups in total. The van der Waals surface area contributed by atoms with Crippen LogP contribution in [0.25, 0.3) is 0 Å². The van der Waals surface area contributed by atoms with Gasteiger partial charge in [0, 0.05) is 44.1 Å². The number of anilines is 2. The highest BCUT2D eigenvalue weighted by molar-refractivity contribution is 5.95. The molecule has 1 saturated heterocycles. The summed E-state index contributed by atoms with van der Waals surface area (Å²) in [4.78, 5) is 18.0. The number of carbonyl (C=O) groups excluding carboxylic acids is 1. The lowest BCUT2D eigenvalue weighted by atomic mass is 10.0. The van der Waals surface area contributed by atoms with E-state index in [0.717, 1.165) is 49.4 Å². The fraction of sp³-hybridized carbons (Fsp3) is 0.286. The molecular weight excluding hydrogens is 422 g/mol. The Morgan fingerprint density at radius 3 is 2.26 bits per heavy atom. The molecule has 0 spiro atoms. The van der Waals surface area contributed by atoms with E-state index in [1.807, 2.05) is 66.7 Å². The number of nitrogens with zero attached hydrogens (tertiary/aromatic N) is 3. The minimum atomic E-state index is -0.461. The van der Waals surface area contributed by atoms with Gasteiger partial charge in [0.1, 0.15) is 6.04 Å². The first-order valence-electron chi connectivity index (χ1n) is 11.7. The number of likely N-dealkylation sites (N-methyl/N-ethyl adjacent to an activating group) is 1. The van der Waals surface area contributed by atoms with Crippen LogP contribution in [0.3, 0.4) is 0 Å². The predicted octanol–water partition coefficient (Wildman–Crippen LogP) is 3.82. The third-order valence-electron chi connectivity index (χ3n) is 6.24. The first-order valence-corrected chi connectivity index (χ1v) is 11.7. The number of piperazine rings is 1. The van der Waals surface area contributed by atoms with Gasteiger partial charge in [-0.15, -0.1) is 0 Å². The summed E-state index contributed by atoms with van der Waals surface area (Å²) in [6.45, 7) is 4.79. The molecule has 1 heterocycles. The van der Waals surface area contributed by atoms with Crippen molar-refractivity contribution in [2.45, 2.75) is 12.5 Å². The van der Waals surface area contributed by atoms with Gasteiger partial charge in [-0.25, -0.2) is 0 Å². The summed E-state index contributed by atoms with van der Waals surface area (Å²) in [6, 6.07) is 27.1. The average Bonchev–Trinajstić information content (AvgIpc) is 2.88. The molecule has 174 valence electrons. The first-order chi connectivity index (χ1) is 16.6. The van der Waals surface area contributed by atoms with Crippen molar-refractivity contribution < 1.29 is 4.79 Å². The van der Waals surface area contributed by atoms with E-state index in [-0.39, 0.29) is 5.91 Å². The maximum absolute atomic E-state index is 13.2. The molecule has 3 aromatic carbocycles. The van der Waals surface area contributed by atoms with Crippen LogP contribution in [-0.4, -0.2) is 50.6 Å².